The third kappa shape index (κ3) is 3.43. The molecular weight excluding hydrogens is 296 g/mol. The second-order valence-corrected chi connectivity index (χ2v) is 5.60. The average Bonchev–Trinajstić information content (AvgIpc) is 3.18. The number of methoxy groups -OCH3 is 1. The molecule has 0 bridgehead atoms. The Morgan fingerprint density at radius 3 is 3.00 bits per heavy atom. The molecule has 1 aliphatic heterocycles. The first-order chi connectivity index (χ1) is 11.2. The van der Waals surface area contributed by atoms with Crippen molar-refractivity contribution in [2.24, 2.45) is 0 Å². The molecular formula is C15H22N6O2. The Labute approximate surface area is 135 Å². The second kappa shape index (κ2) is 6.93. The average molecular weight is 318 g/mol. The van der Waals surface area contributed by atoms with Crippen LogP contribution in [0.5, 0.6) is 0 Å². The first-order valence-electron chi connectivity index (χ1n) is 7.63. The topological polar surface area (TPSA) is 88.3 Å². The van der Waals surface area contributed by atoms with Gasteiger partial charge in [0, 0.05) is 45.6 Å². The van der Waals surface area contributed by atoms with Gasteiger partial charge in [-0.25, -0.2) is 4.98 Å². The monoisotopic (exact) mass is 318 g/mol. The van der Waals surface area contributed by atoms with Gasteiger partial charge >= 0.3 is 0 Å². The SMILES string of the molecule is CNc1nccc(N2C[C@H](OC)[C@H](NCc3nocc3C)C2)n1. The van der Waals surface area contributed by atoms with Crippen LogP contribution in [0.15, 0.2) is 23.0 Å². The van der Waals surface area contributed by atoms with Gasteiger partial charge in [0.2, 0.25) is 5.95 Å². The molecule has 23 heavy (non-hydrogen) atoms. The molecule has 3 heterocycles. The molecule has 0 aromatic carbocycles. The van der Waals surface area contributed by atoms with Crippen molar-refractivity contribution in [1.82, 2.24) is 20.4 Å². The maximum atomic E-state index is 5.63. The van der Waals surface area contributed by atoms with Crippen LogP contribution in [0.2, 0.25) is 0 Å². The first-order valence-corrected chi connectivity index (χ1v) is 7.63. The molecule has 2 atom stereocenters. The summed E-state index contributed by atoms with van der Waals surface area (Å²) in [5, 5.41) is 10.5. The Hall–Kier alpha value is -2.19. The molecule has 0 spiro atoms. The Bertz CT molecular complexity index is 646. The highest BCUT2D eigenvalue weighted by Gasteiger charge is 2.33. The van der Waals surface area contributed by atoms with E-state index in [4.69, 9.17) is 9.26 Å². The van der Waals surface area contributed by atoms with E-state index in [2.05, 4.69) is 30.7 Å². The highest BCUT2D eigenvalue weighted by Crippen LogP contribution is 2.21. The van der Waals surface area contributed by atoms with Crippen molar-refractivity contribution in [1.29, 1.82) is 0 Å². The third-order valence-corrected chi connectivity index (χ3v) is 4.14. The van der Waals surface area contributed by atoms with Crippen molar-refractivity contribution in [2.75, 3.05) is 37.5 Å². The highest BCUT2D eigenvalue weighted by molar-refractivity contribution is 5.44. The van der Waals surface area contributed by atoms with Crippen LogP contribution in [-0.4, -0.2) is 54.5 Å². The summed E-state index contributed by atoms with van der Waals surface area (Å²) in [6.45, 7) is 4.25. The van der Waals surface area contributed by atoms with Crippen LogP contribution in [0, 0.1) is 6.92 Å². The predicted octanol–water partition coefficient (Wildman–Crippen LogP) is 0.808. The van der Waals surface area contributed by atoms with Gasteiger partial charge in [-0.15, -0.1) is 0 Å². The molecule has 2 N–H and O–H groups in total. The van der Waals surface area contributed by atoms with E-state index in [-0.39, 0.29) is 12.1 Å². The zero-order valence-electron chi connectivity index (χ0n) is 13.6. The summed E-state index contributed by atoms with van der Waals surface area (Å²) in [6, 6.07) is 2.11. The van der Waals surface area contributed by atoms with E-state index in [9.17, 15) is 0 Å². The molecule has 124 valence electrons. The van der Waals surface area contributed by atoms with Crippen molar-refractivity contribution in [3.63, 3.8) is 0 Å². The predicted molar refractivity (Wildman–Crippen MR) is 86.5 cm³/mol. The van der Waals surface area contributed by atoms with Crippen LogP contribution in [0.25, 0.3) is 0 Å². The molecule has 3 rings (SSSR count). The molecule has 1 fully saturated rings. The van der Waals surface area contributed by atoms with E-state index in [0.29, 0.717) is 12.5 Å². The fourth-order valence-corrected chi connectivity index (χ4v) is 2.75. The number of hydrogen-bond donors (Lipinski definition) is 2. The Morgan fingerprint density at radius 1 is 1.43 bits per heavy atom. The lowest BCUT2D eigenvalue weighted by molar-refractivity contribution is 0.0964. The molecule has 0 aliphatic carbocycles. The van der Waals surface area contributed by atoms with E-state index >= 15 is 0 Å². The number of hydrogen-bond acceptors (Lipinski definition) is 8. The van der Waals surface area contributed by atoms with Crippen LogP contribution in [0.3, 0.4) is 0 Å². The van der Waals surface area contributed by atoms with Crippen molar-refractivity contribution >= 4 is 11.8 Å². The van der Waals surface area contributed by atoms with E-state index < -0.39 is 0 Å². The van der Waals surface area contributed by atoms with Crippen LogP contribution in [0.1, 0.15) is 11.3 Å². The van der Waals surface area contributed by atoms with Gasteiger partial charge in [0.15, 0.2) is 0 Å². The summed E-state index contributed by atoms with van der Waals surface area (Å²) in [5.41, 5.74) is 1.98. The highest BCUT2D eigenvalue weighted by atomic mass is 16.5. The Kier molecular flexibility index (Phi) is 4.73. The summed E-state index contributed by atoms with van der Waals surface area (Å²) in [7, 11) is 3.55. The fourth-order valence-electron chi connectivity index (χ4n) is 2.75. The minimum Gasteiger partial charge on any atom is -0.378 e. The van der Waals surface area contributed by atoms with Crippen molar-refractivity contribution in [3.05, 3.63) is 29.8 Å². The van der Waals surface area contributed by atoms with Gasteiger partial charge in [0.1, 0.15) is 17.8 Å². The third-order valence-electron chi connectivity index (χ3n) is 4.14. The van der Waals surface area contributed by atoms with Gasteiger partial charge < -0.3 is 24.8 Å². The number of nitrogens with one attached hydrogen (secondary N) is 2. The zero-order chi connectivity index (χ0) is 16.2. The standard InChI is InChI=1S/C15H22N6O2/c1-10-9-23-20-11(10)6-18-12-7-21(8-13(12)22-3)14-4-5-17-15(16-2)19-14/h4-5,9,12-13,18H,6-8H2,1-3H3,(H,16,17,19)/t12-,13+/m1/s1. The van der Waals surface area contributed by atoms with Gasteiger partial charge in [-0.1, -0.05) is 5.16 Å². The summed E-state index contributed by atoms with van der Waals surface area (Å²) in [6.07, 6.45) is 3.51. The lowest BCUT2D eigenvalue weighted by atomic mass is 10.2. The second-order valence-electron chi connectivity index (χ2n) is 5.60. The van der Waals surface area contributed by atoms with Crippen molar-refractivity contribution in [3.8, 4) is 0 Å². The van der Waals surface area contributed by atoms with E-state index in [0.717, 1.165) is 30.2 Å². The summed E-state index contributed by atoms with van der Waals surface area (Å²) in [4.78, 5) is 10.8. The molecule has 0 saturated carbocycles. The molecule has 1 saturated heterocycles. The molecule has 2 aromatic heterocycles. The van der Waals surface area contributed by atoms with E-state index in [1.165, 1.54) is 0 Å². The number of aromatic nitrogens is 3. The van der Waals surface area contributed by atoms with Crippen molar-refractivity contribution < 1.29 is 9.26 Å². The number of ether oxygens (including phenoxy) is 1. The number of anilines is 2. The molecule has 0 radical (unpaired) electrons. The van der Waals surface area contributed by atoms with E-state index in [1.807, 2.05) is 20.0 Å². The lowest BCUT2D eigenvalue weighted by Crippen LogP contribution is -2.39. The van der Waals surface area contributed by atoms with Crippen molar-refractivity contribution in [2.45, 2.75) is 25.6 Å². The smallest absolute Gasteiger partial charge is 0.224 e. The molecule has 0 unspecified atom stereocenters. The Balaban J connectivity index is 1.66. The van der Waals surface area contributed by atoms with Gasteiger partial charge in [0.05, 0.1) is 12.1 Å². The lowest BCUT2D eigenvalue weighted by Gasteiger charge is -2.18. The van der Waals surface area contributed by atoms with Gasteiger partial charge in [0.25, 0.3) is 0 Å². The normalized spacial score (nSPS) is 20.9. The zero-order valence-corrected chi connectivity index (χ0v) is 13.6. The van der Waals surface area contributed by atoms with E-state index in [1.54, 1.807) is 19.6 Å². The maximum Gasteiger partial charge on any atom is 0.224 e. The first kappa shape index (κ1) is 15.7. The summed E-state index contributed by atoms with van der Waals surface area (Å²) in [5.74, 6) is 1.51. The quantitative estimate of drug-likeness (QED) is 0.809. The van der Waals surface area contributed by atoms with Gasteiger partial charge in [-0.3, -0.25) is 0 Å². The minimum absolute atomic E-state index is 0.0928. The van der Waals surface area contributed by atoms with Crippen LogP contribution in [-0.2, 0) is 11.3 Å². The van der Waals surface area contributed by atoms with Gasteiger partial charge in [-0.2, -0.15) is 4.98 Å². The molecule has 1 aliphatic rings. The van der Waals surface area contributed by atoms with Gasteiger partial charge in [-0.05, 0) is 13.0 Å². The number of nitrogens with zero attached hydrogens (tertiary/aromatic N) is 4. The maximum absolute atomic E-state index is 5.63. The van der Waals surface area contributed by atoms with Crippen LogP contribution < -0.4 is 15.5 Å². The minimum atomic E-state index is 0.0928. The molecule has 8 heteroatoms. The number of aryl methyl sites for hydroxylation is 1. The fraction of sp³-hybridized carbons (Fsp3) is 0.533. The van der Waals surface area contributed by atoms with Crippen LogP contribution in [0.4, 0.5) is 11.8 Å². The summed E-state index contributed by atoms with van der Waals surface area (Å²) >= 11 is 0. The number of rotatable bonds is 6. The Morgan fingerprint density at radius 2 is 2.30 bits per heavy atom. The van der Waals surface area contributed by atoms with Crippen LogP contribution >= 0.6 is 0 Å². The largest absolute Gasteiger partial charge is 0.378 e. The molecule has 2 aromatic rings. The summed E-state index contributed by atoms with van der Waals surface area (Å²) < 4.78 is 10.6. The molecule has 0 amide bonds. The molecule has 8 nitrogen and oxygen atoms in total.